The number of carbonyl (C=O) groups excluding carboxylic acids is 2. The van der Waals surface area contributed by atoms with Crippen molar-refractivity contribution in [3.05, 3.63) is 46.5 Å². The Labute approximate surface area is 172 Å². The standard InChI is InChI=1S/C19H23ClFN5O3/c20-14-8-13(9-15(21)10-14)12-29-19(28)26-6-4-16(5-7-26)23-18(27)3-1-2-17-11-22-25-24-17/h8-11,16H,1-7,12H2,(H,23,27)(H,22,24,25). The van der Waals surface area contributed by atoms with E-state index in [9.17, 15) is 14.0 Å². The molecule has 0 saturated carbocycles. The predicted molar refractivity (Wildman–Crippen MR) is 104 cm³/mol. The van der Waals surface area contributed by atoms with Gasteiger partial charge in [0.25, 0.3) is 0 Å². The highest BCUT2D eigenvalue weighted by molar-refractivity contribution is 6.30. The van der Waals surface area contributed by atoms with Crippen molar-refractivity contribution in [2.45, 2.75) is 44.8 Å². The number of nitrogens with one attached hydrogen (secondary N) is 2. The molecule has 2 aromatic rings. The highest BCUT2D eigenvalue weighted by Crippen LogP contribution is 2.16. The van der Waals surface area contributed by atoms with Crippen LogP contribution < -0.4 is 5.32 Å². The molecule has 1 aliphatic heterocycles. The Bertz CT molecular complexity index is 805. The lowest BCUT2D eigenvalue weighted by Gasteiger charge is -2.31. The van der Waals surface area contributed by atoms with Gasteiger partial charge in [0.05, 0.1) is 11.9 Å². The van der Waals surface area contributed by atoms with Gasteiger partial charge in [-0.2, -0.15) is 15.4 Å². The summed E-state index contributed by atoms with van der Waals surface area (Å²) in [5.74, 6) is -0.473. The molecule has 10 heteroatoms. The average Bonchev–Trinajstić information content (AvgIpc) is 3.19. The van der Waals surface area contributed by atoms with Gasteiger partial charge in [0, 0.05) is 30.6 Å². The summed E-state index contributed by atoms with van der Waals surface area (Å²) >= 11 is 5.80. The van der Waals surface area contributed by atoms with Gasteiger partial charge in [0.1, 0.15) is 12.4 Å². The first kappa shape index (κ1) is 21.0. The molecule has 1 aliphatic rings. The summed E-state index contributed by atoms with van der Waals surface area (Å²) in [6, 6.07) is 4.08. The summed E-state index contributed by atoms with van der Waals surface area (Å²) in [6.45, 7) is 0.942. The van der Waals surface area contributed by atoms with Crippen LogP contribution in [-0.2, 0) is 22.6 Å². The number of aromatic nitrogens is 3. The highest BCUT2D eigenvalue weighted by Gasteiger charge is 2.24. The van der Waals surface area contributed by atoms with Crippen molar-refractivity contribution in [3.63, 3.8) is 0 Å². The fourth-order valence-electron chi connectivity index (χ4n) is 3.21. The number of piperidine rings is 1. The number of hydrogen-bond donors (Lipinski definition) is 2. The molecule has 0 atom stereocenters. The Balaban J connectivity index is 1.33. The molecule has 8 nitrogen and oxygen atoms in total. The molecule has 0 aliphatic carbocycles. The van der Waals surface area contributed by atoms with Gasteiger partial charge in [-0.3, -0.25) is 4.79 Å². The largest absolute Gasteiger partial charge is 0.445 e. The van der Waals surface area contributed by atoms with Crippen LogP contribution in [0.2, 0.25) is 5.02 Å². The Morgan fingerprint density at radius 2 is 2.10 bits per heavy atom. The lowest BCUT2D eigenvalue weighted by molar-refractivity contribution is -0.122. The number of likely N-dealkylation sites (tertiary alicyclic amines) is 1. The van der Waals surface area contributed by atoms with Crippen molar-refractivity contribution in [1.29, 1.82) is 0 Å². The molecule has 0 unspecified atom stereocenters. The summed E-state index contributed by atoms with van der Waals surface area (Å²) in [5.41, 5.74) is 1.33. The van der Waals surface area contributed by atoms with E-state index < -0.39 is 11.9 Å². The molecule has 3 rings (SSSR count). The monoisotopic (exact) mass is 423 g/mol. The third-order valence-corrected chi connectivity index (χ3v) is 4.92. The van der Waals surface area contributed by atoms with Crippen LogP contribution in [0, 0.1) is 5.82 Å². The van der Waals surface area contributed by atoms with Crippen LogP contribution in [0.3, 0.4) is 0 Å². The van der Waals surface area contributed by atoms with Crippen molar-refractivity contribution in [2.75, 3.05) is 13.1 Å². The zero-order valence-electron chi connectivity index (χ0n) is 15.9. The van der Waals surface area contributed by atoms with E-state index in [-0.39, 0.29) is 23.6 Å². The molecule has 2 N–H and O–H groups in total. The molecule has 1 aromatic carbocycles. The fraction of sp³-hybridized carbons (Fsp3) is 0.474. The van der Waals surface area contributed by atoms with Crippen LogP contribution in [-0.4, -0.2) is 51.4 Å². The molecule has 2 amide bonds. The van der Waals surface area contributed by atoms with E-state index in [2.05, 4.69) is 20.7 Å². The van der Waals surface area contributed by atoms with E-state index in [1.165, 1.54) is 12.1 Å². The second-order valence-corrected chi connectivity index (χ2v) is 7.41. The molecule has 2 heterocycles. The van der Waals surface area contributed by atoms with E-state index in [0.717, 1.165) is 5.69 Å². The van der Waals surface area contributed by atoms with Gasteiger partial charge >= 0.3 is 6.09 Å². The van der Waals surface area contributed by atoms with Crippen molar-refractivity contribution in [3.8, 4) is 0 Å². The summed E-state index contributed by atoms with van der Waals surface area (Å²) in [6.07, 6.45) is 4.34. The van der Waals surface area contributed by atoms with E-state index in [0.29, 0.717) is 50.8 Å². The summed E-state index contributed by atoms with van der Waals surface area (Å²) in [7, 11) is 0. The van der Waals surface area contributed by atoms with Gasteiger partial charge in [-0.05, 0) is 49.4 Å². The maximum absolute atomic E-state index is 13.3. The summed E-state index contributed by atoms with van der Waals surface area (Å²) < 4.78 is 18.6. The minimum atomic E-state index is -0.471. The first-order chi connectivity index (χ1) is 14.0. The van der Waals surface area contributed by atoms with Gasteiger partial charge < -0.3 is 15.0 Å². The zero-order chi connectivity index (χ0) is 20.6. The SMILES string of the molecule is O=C(CCCc1cn[nH]n1)NC1CCN(C(=O)OCc2cc(F)cc(Cl)c2)CC1. The number of amides is 2. The molecular formula is C19H23ClFN5O3. The van der Waals surface area contributed by atoms with Gasteiger partial charge in [-0.25, -0.2) is 9.18 Å². The van der Waals surface area contributed by atoms with E-state index >= 15 is 0 Å². The molecule has 0 radical (unpaired) electrons. The number of nitrogens with zero attached hydrogens (tertiary/aromatic N) is 3. The molecule has 0 bridgehead atoms. The Kier molecular flexibility index (Phi) is 7.40. The normalized spacial score (nSPS) is 14.6. The number of aryl methyl sites for hydroxylation is 1. The number of ether oxygens (including phenoxy) is 1. The van der Waals surface area contributed by atoms with Crippen LogP contribution >= 0.6 is 11.6 Å². The van der Waals surface area contributed by atoms with Crippen molar-refractivity contribution >= 4 is 23.6 Å². The molecule has 0 spiro atoms. The van der Waals surface area contributed by atoms with Gasteiger partial charge in [0.2, 0.25) is 5.91 Å². The summed E-state index contributed by atoms with van der Waals surface area (Å²) in [4.78, 5) is 25.9. The quantitative estimate of drug-likeness (QED) is 0.713. The molecule has 1 saturated heterocycles. The predicted octanol–water partition coefficient (Wildman–Crippen LogP) is 2.84. The van der Waals surface area contributed by atoms with Crippen LogP contribution in [0.5, 0.6) is 0 Å². The smallest absolute Gasteiger partial charge is 0.410 e. The van der Waals surface area contributed by atoms with Crippen molar-refractivity contribution < 1.29 is 18.7 Å². The van der Waals surface area contributed by atoms with E-state index in [1.54, 1.807) is 17.2 Å². The Morgan fingerprint density at radius 3 is 2.79 bits per heavy atom. The fourth-order valence-corrected chi connectivity index (χ4v) is 3.46. The second kappa shape index (κ2) is 10.2. The van der Waals surface area contributed by atoms with E-state index in [1.807, 2.05) is 0 Å². The average molecular weight is 424 g/mol. The number of aromatic amines is 1. The minimum absolute atomic E-state index is 0.00231. The third-order valence-electron chi connectivity index (χ3n) is 4.70. The van der Waals surface area contributed by atoms with Crippen molar-refractivity contribution in [2.24, 2.45) is 0 Å². The molecule has 1 fully saturated rings. The maximum atomic E-state index is 13.3. The number of hydrogen-bond acceptors (Lipinski definition) is 5. The Morgan fingerprint density at radius 1 is 1.31 bits per heavy atom. The topological polar surface area (TPSA) is 100 Å². The van der Waals surface area contributed by atoms with Crippen LogP contribution in [0.25, 0.3) is 0 Å². The number of benzene rings is 1. The van der Waals surface area contributed by atoms with Gasteiger partial charge in [-0.15, -0.1) is 0 Å². The molecule has 156 valence electrons. The minimum Gasteiger partial charge on any atom is -0.445 e. The highest BCUT2D eigenvalue weighted by atomic mass is 35.5. The van der Waals surface area contributed by atoms with Crippen molar-refractivity contribution in [1.82, 2.24) is 25.6 Å². The lowest BCUT2D eigenvalue weighted by atomic mass is 10.0. The van der Waals surface area contributed by atoms with Crippen LogP contribution in [0.4, 0.5) is 9.18 Å². The number of carbonyl (C=O) groups is 2. The number of rotatable bonds is 7. The van der Waals surface area contributed by atoms with Gasteiger partial charge in [0.15, 0.2) is 0 Å². The van der Waals surface area contributed by atoms with E-state index in [4.69, 9.17) is 16.3 Å². The third kappa shape index (κ3) is 6.70. The van der Waals surface area contributed by atoms with Crippen LogP contribution in [0.1, 0.15) is 36.9 Å². The first-order valence-electron chi connectivity index (χ1n) is 9.50. The Hall–Kier alpha value is -2.68. The van der Waals surface area contributed by atoms with Gasteiger partial charge in [-0.1, -0.05) is 11.6 Å². The number of H-pyrrole nitrogens is 1. The molecular weight excluding hydrogens is 401 g/mol. The maximum Gasteiger partial charge on any atom is 0.410 e. The zero-order valence-corrected chi connectivity index (χ0v) is 16.6. The lowest BCUT2D eigenvalue weighted by Crippen LogP contribution is -2.46. The molecule has 1 aromatic heterocycles. The number of halogens is 2. The second-order valence-electron chi connectivity index (χ2n) is 6.98. The first-order valence-corrected chi connectivity index (χ1v) is 9.88. The summed E-state index contributed by atoms with van der Waals surface area (Å²) in [5, 5.41) is 13.5. The van der Waals surface area contributed by atoms with Crippen LogP contribution in [0.15, 0.2) is 24.4 Å². The molecule has 29 heavy (non-hydrogen) atoms.